The van der Waals surface area contributed by atoms with Crippen LogP contribution in [0.4, 0.5) is 0 Å². The smallest absolute Gasteiger partial charge is 0.174 e. The van der Waals surface area contributed by atoms with Gasteiger partial charge in [-0.15, -0.1) is 0 Å². The number of para-hydroxylation sites is 1. The first-order chi connectivity index (χ1) is 15.2. The standard InChI is InChI=1S/C26H21N5/c1-17-14-22(30-24(16-28)23(15-27)29-17)18-10-12-19(13-11-18)31-25-8-4-2-6-20(25)21-7-3-5-9-26(21)31/h2-4,6-8,10-13,22,30H,5,9,14H2,1H3. The van der Waals surface area contributed by atoms with E-state index in [1.54, 1.807) is 0 Å². The van der Waals surface area contributed by atoms with E-state index in [-0.39, 0.29) is 17.4 Å². The fraction of sp³-hybridized carbons (Fsp3) is 0.192. The predicted molar refractivity (Wildman–Crippen MR) is 122 cm³/mol. The largest absolute Gasteiger partial charge is 0.367 e. The maximum absolute atomic E-state index is 9.45. The molecule has 5 rings (SSSR count). The molecule has 1 atom stereocenters. The molecule has 2 heterocycles. The van der Waals surface area contributed by atoms with E-state index in [9.17, 15) is 10.5 Å². The molecule has 1 aliphatic heterocycles. The van der Waals surface area contributed by atoms with Crippen LogP contribution in [-0.2, 0) is 6.42 Å². The topological polar surface area (TPSA) is 76.9 Å². The number of nitrogens with one attached hydrogen (secondary N) is 1. The van der Waals surface area contributed by atoms with Gasteiger partial charge in [-0.25, -0.2) is 4.99 Å². The summed E-state index contributed by atoms with van der Waals surface area (Å²) in [7, 11) is 0. The van der Waals surface area contributed by atoms with Gasteiger partial charge in [-0.1, -0.05) is 42.5 Å². The van der Waals surface area contributed by atoms with Gasteiger partial charge in [-0.2, -0.15) is 10.5 Å². The molecule has 150 valence electrons. The van der Waals surface area contributed by atoms with Crippen LogP contribution in [0.2, 0.25) is 0 Å². The fourth-order valence-corrected chi connectivity index (χ4v) is 4.57. The van der Waals surface area contributed by atoms with Gasteiger partial charge in [-0.05, 0) is 43.5 Å². The maximum atomic E-state index is 9.45. The molecule has 2 aromatic carbocycles. The second-order valence-corrected chi connectivity index (χ2v) is 7.94. The fourth-order valence-electron chi connectivity index (χ4n) is 4.57. The van der Waals surface area contributed by atoms with Crippen LogP contribution >= 0.6 is 0 Å². The lowest BCUT2D eigenvalue weighted by atomic mass is 10.0. The summed E-state index contributed by atoms with van der Waals surface area (Å²) < 4.78 is 2.36. The Hall–Kier alpha value is -4.09. The number of allylic oxidation sites excluding steroid dienone is 3. The molecular formula is C26H21N5. The van der Waals surface area contributed by atoms with Gasteiger partial charge in [0.2, 0.25) is 0 Å². The Labute approximate surface area is 181 Å². The maximum Gasteiger partial charge on any atom is 0.174 e. The summed E-state index contributed by atoms with van der Waals surface area (Å²) in [5.41, 5.74) is 7.29. The molecule has 2 aliphatic rings. The van der Waals surface area contributed by atoms with Gasteiger partial charge in [0.05, 0.1) is 11.6 Å². The molecule has 0 bridgehead atoms. The van der Waals surface area contributed by atoms with Crippen molar-refractivity contribution in [1.82, 2.24) is 9.88 Å². The Morgan fingerprint density at radius 3 is 2.65 bits per heavy atom. The number of nitrogens with zero attached hydrogens (tertiary/aromatic N) is 4. The van der Waals surface area contributed by atoms with Crippen molar-refractivity contribution in [1.29, 1.82) is 10.5 Å². The van der Waals surface area contributed by atoms with Crippen molar-refractivity contribution in [2.45, 2.75) is 32.2 Å². The molecule has 1 aliphatic carbocycles. The number of rotatable bonds is 2. The van der Waals surface area contributed by atoms with Gasteiger partial charge >= 0.3 is 0 Å². The zero-order valence-corrected chi connectivity index (χ0v) is 17.3. The highest BCUT2D eigenvalue weighted by Crippen LogP contribution is 2.34. The molecule has 0 saturated carbocycles. The predicted octanol–water partition coefficient (Wildman–Crippen LogP) is 5.34. The van der Waals surface area contributed by atoms with Gasteiger partial charge in [0.25, 0.3) is 0 Å². The van der Waals surface area contributed by atoms with Crippen LogP contribution in [0.5, 0.6) is 0 Å². The third kappa shape index (κ3) is 3.21. The number of benzene rings is 2. The van der Waals surface area contributed by atoms with Crippen LogP contribution in [0.15, 0.2) is 71.0 Å². The third-order valence-corrected chi connectivity index (χ3v) is 5.98. The highest BCUT2D eigenvalue weighted by molar-refractivity contribution is 5.93. The number of fused-ring (bicyclic) bond motifs is 3. The first-order valence-electron chi connectivity index (χ1n) is 10.4. The molecule has 0 amide bonds. The minimum absolute atomic E-state index is 0.100. The molecular weight excluding hydrogens is 382 g/mol. The van der Waals surface area contributed by atoms with Crippen molar-refractivity contribution in [2.24, 2.45) is 4.99 Å². The molecule has 0 fully saturated rings. The molecule has 1 N–H and O–H groups in total. The van der Waals surface area contributed by atoms with E-state index in [4.69, 9.17) is 0 Å². The van der Waals surface area contributed by atoms with Crippen molar-refractivity contribution in [3.8, 4) is 17.8 Å². The van der Waals surface area contributed by atoms with E-state index in [2.05, 4.69) is 81.6 Å². The van der Waals surface area contributed by atoms with Crippen LogP contribution in [0.1, 0.15) is 42.6 Å². The second kappa shape index (κ2) is 7.63. The van der Waals surface area contributed by atoms with E-state index in [0.717, 1.165) is 29.8 Å². The molecule has 31 heavy (non-hydrogen) atoms. The molecule has 5 nitrogen and oxygen atoms in total. The Balaban J connectivity index is 1.55. The number of nitriles is 2. The van der Waals surface area contributed by atoms with E-state index in [1.165, 1.54) is 22.2 Å². The summed E-state index contributed by atoms with van der Waals surface area (Å²) in [5, 5.41) is 23.2. The van der Waals surface area contributed by atoms with E-state index in [0.29, 0.717) is 6.42 Å². The monoisotopic (exact) mass is 403 g/mol. The zero-order chi connectivity index (χ0) is 21.4. The number of hydrogen-bond acceptors (Lipinski definition) is 4. The van der Waals surface area contributed by atoms with E-state index < -0.39 is 0 Å². The van der Waals surface area contributed by atoms with Crippen LogP contribution in [-0.4, -0.2) is 10.3 Å². The third-order valence-electron chi connectivity index (χ3n) is 5.98. The zero-order valence-electron chi connectivity index (χ0n) is 17.3. The molecule has 0 spiro atoms. The second-order valence-electron chi connectivity index (χ2n) is 7.94. The van der Waals surface area contributed by atoms with E-state index in [1.807, 2.05) is 13.0 Å². The summed E-state index contributed by atoms with van der Waals surface area (Å²) in [6, 6.07) is 21.0. The van der Waals surface area contributed by atoms with Crippen molar-refractivity contribution in [3.63, 3.8) is 0 Å². The summed E-state index contributed by atoms with van der Waals surface area (Å²) in [6.07, 6.45) is 7.21. The van der Waals surface area contributed by atoms with Crippen LogP contribution < -0.4 is 5.32 Å². The van der Waals surface area contributed by atoms with E-state index >= 15 is 0 Å². The van der Waals surface area contributed by atoms with Crippen molar-refractivity contribution in [2.75, 3.05) is 0 Å². The number of aromatic nitrogens is 1. The molecule has 0 saturated heterocycles. The first kappa shape index (κ1) is 18.9. The lowest BCUT2D eigenvalue weighted by molar-refractivity contribution is 0.634. The summed E-state index contributed by atoms with van der Waals surface area (Å²) in [6.45, 7) is 1.90. The highest BCUT2D eigenvalue weighted by atomic mass is 15.0. The Morgan fingerprint density at radius 1 is 1.06 bits per heavy atom. The highest BCUT2D eigenvalue weighted by Gasteiger charge is 2.21. The lowest BCUT2D eigenvalue weighted by Gasteiger charge is -2.19. The quantitative estimate of drug-likeness (QED) is 0.627. The average molecular weight is 403 g/mol. The Kier molecular flexibility index (Phi) is 4.65. The van der Waals surface area contributed by atoms with Gasteiger partial charge in [0, 0.05) is 34.5 Å². The minimum Gasteiger partial charge on any atom is -0.367 e. The van der Waals surface area contributed by atoms with Gasteiger partial charge in [0.1, 0.15) is 12.1 Å². The van der Waals surface area contributed by atoms with Crippen molar-refractivity contribution in [3.05, 3.63) is 82.8 Å². The number of aliphatic imine (C=N–C) groups is 1. The molecule has 5 heteroatoms. The van der Waals surface area contributed by atoms with Gasteiger partial charge in [0.15, 0.2) is 11.4 Å². The normalized spacial score (nSPS) is 17.9. The first-order valence-corrected chi connectivity index (χ1v) is 10.4. The number of hydrogen-bond donors (Lipinski definition) is 1. The van der Waals surface area contributed by atoms with Gasteiger partial charge in [-0.3, -0.25) is 0 Å². The molecule has 0 radical (unpaired) electrons. The Bertz CT molecular complexity index is 1350. The van der Waals surface area contributed by atoms with Crippen molar-refractivity contribution >= 4 is 22.7 Å². The summed E-state index contributed by atoms with van der Waals surface area (Å²) >= 11 is 0. The molecule has 1 unspecified atom stereocenters. The lowest BCUT2D eigenvalue weighted by Crippen LogP contribution is -2.21. The summed E-state index contributed by atoms with van der Waals surface area (Å²) in [5.74, 6) is 0. The van der Waals surface area contributed by atoms with Crippen LogP contribution in [0.25, 0.3) is 22.7 Å². The average Bonchev–Trinajstić information content (AvgIpc) is 3.05. The minimum atomic E-state index is -0.100. The Morgan fingerprint density at radius 2 is 1.87 bits per heavy atom. The van der Waals surface area contributed by atoms with Gasteiger partial charge < -0.3 is 9.88 Å². The molecule has 3 aromatic rings. The van der Waals surface area contributed by atoms with Crippen LogP contribution in [0, 0.1) is 22.7 Å². The van der Waals surface area contributed by atoms with Crippen LogP contribution in [0.3, 0.4) is 0 Å². The summed E-state index contributed by atoms with van der Waals surface area (Å²) in [4.78, 5) is 4.30. The SMILES string of the molecule is CC1=NC(C#N)=C(C#N)NC(c2ccc(-n3c4c(c5ccccc53)C=CCC4)cc2)C1. The molecule has 1 aromatic heterocycles. The van der Waals surface area contributed by atoms with Crippen molar-refractivity contribution < 1.29 is 0 Å².